The quantitative estimate of drug-likeness (QED) is 0.0167. The Morgan fingerprint density at radius 2 is 1.04 bits per heavy atom. The minimum atomic E-state index is -0.598. The number of anilines is 1. The highest BCUT2D eigenvalue weighted by Gasteiger charge is 2.25. The SMILES string of the molecule is C=CC(=O)OCCOC(=O)NCCC(C)(C)CC(C)CNC(=O)COC(C)COC(=O)NCCC(C)(C)CC(C)CNC(=O)COC(C)CCOC(=O)NCCC(C)(C)CC(C)CNC(=O)Nc1nc(C)cc(=O)[nH]1. The van der Waals surface area contributed by atoms with Gasteiger partial charge in [0.25, 0.3) is 5.56 Å². The maximum atomic E-state index is 12.6. The van der Waals surface area contributed by atoms with E-state index in [0.717, 1.165) is 25.3 Å². The second-order valence-corrected chi connectivity index (χ2v) is 21.9. The van der Waals surface area contributed by atoms with Gasteiger partial charge in [-0.05, 0) is 93.3 Å². The summed E-state index contributed by atoms with van der Waals surface area (Å²) in [7, 11) is 0. The van der Waals surface area contributed by atoms with Crippen molar-refractivity contribution in [2.45, 2.75) is 140 Å². The van der Waals surface area contributed by atoms with Gasteiger partial charge < -0.3 is 60.3 Å². The average Bonchev–Trinajstić information content (AvgIpc) is 3.30. The minimum absolute atomic E-state index is 0.0324. The second-order valence-electron chi connectivity index (χ2n) is 21.9. The first-order valence-corrected chi connectivity index (χ1v) is 26.0. The van der Waals surface area contributed by atoms with Crippen LogP contribution in [0.1, 0.15) is 127 Å². The van der Waals surface area contributed by atoms with Gasteiger partial charge in [0.1, 0.15) is 33.0 Å². The maximum absolute atomic E-state index is 12.6. The summed E-state index contributed by atoms with van der Waals surface area (Å²) in [4.78, 5) is 103. The van der Waals surface area contributed by atoms with Crippen molar-refractivity contribution in [1.82, 2.24) is 41.9 Å². The Morgan fingerprint density at radius 3 is 1.51 bits per heavy atom. The highest BCUT2D eigenvalue weighted by Crippen LogP contribution is 2.30. The number of rotatable bonds is 37. The van der Waals surface area contributed by atoms with Gasteiger partial charge in [0, 0.05) is 63.5 Å². The lowest BCUT2D eigenvalue weighted by Gasteiger charge is -2.28. The molecule has 1 aromatic rings. The fourth-order valence-electron chi connectivity index (χ4n) is 8.16. The van der Waals surface area contributed by atoms with E-state index in [0.29, 0.717) is 70.6 Å². The molecule has 0 aliphatic carbocycles. The van der Waals surface area contributed by atoms with E-state index in [9.17, 15) is 38.4 Å². The third-order valence-corrected chi connectivity index (χ3v) is 11.9. The van der Waals surface area contributed by atoms with Crippen molar-refractivity contribution >= 4 is 48.0 Å². The lowest BCUT2D eigenvalue weighted by molar-refractivity contribution is -0.138. The molecule has 0 fully saturated rings. The van der Waals surface area contributed by atoms with Crippen molar-refractivity contribution in [3.8, 4) is 0 Å². The maximum Gasteiger partial charge on any atom is 0.407 e. The van der Waals surface area contributed by atoms with Crippen molar-refractivity contribution in [3.63, 3.8) is 0 Å². The summed E-state index contributed by atoms with van der Waals surface area (Å²) < 4.78 is 31.6. The number of nitrogens with zero attached hydrogens (tertiary/aromatic N) is 1. The summed E-state index contributed by atoms with van der Waals surface area (Å²) in [5, 5.41) is 19.4. The van der Waals surface area contributed by atoms with Crippen LogP contribution in [0.3, 0.4) is 0 Å². The monoisotopic (exact) mass is 1070 g/mol. The number of aryl methyl sites for hydroxylation is 1. The zero-order chi connectivity index (χ0) is 56.6. The van der Waals surface area contributed by atoms with Crippen LogP contribution < -0.4 is 42.8 Å². The highest BCUT2D eigenvalue weighted by atomic mass is 16.6. The van der Waals surface area contributed by atoms with E-state index in [2.05, 4.69) is 95.3 Å². The molecule has 7 amide bonds. The predicted molar refractivity (Wildman–Crippen MR) is 284 cm³/mol. The van der Waals surface area contributed by atoms with Crippen molar-refractivity contribution in [3.05, 3.63) is 34.8 Å². The summed E-state index contributed by atoms with van der Waals surface area (Å²) in [6.45, 7) is 29.2. The van der Waals surface area contributed by atoms with Gasteiger partial charge in [-0.1, -0.05) is 68.9 Å². The summed E-state index contributed by atoms with van der Waals surface area (Å²) in [6, 6.07) is 0.866. The molecule has 0 saturated carbocycles. The van der Waals surface area contributed by atoms with Gasteiger partial charge in [0.05, 0.1) is 18.8 Å². The molecule has 0 aliphatic heterocycles. The molecule has 23 heteroatoms. The van der Waals surface area contributed by atoms with Crippen LogP contribution in [-0.4, -0.2) is 143 Å². The summed E-state index contributed by atoms with van der Waals surface area (Å²) >= 11 is 0. The number of ether oxygens (including phenoxy) is 6. The topological polar surface area (TPSA) is 305 Å². The number of carbonyl (C=O) groups excluding carboxylic acids is 7. The lowest BCUT2D eigenvalue weighted by atomic mass is 9.80. The van der Waals surface area contributed by atoms with E-state index in [1.54, 1.807) is 20.8 Å². The molecular formula is C52H91N9O14. The van der Waals surface area contributed by atoms with Crippen LogP contribution >= 0.6 is 0 Å². The third-order valence-electron chi connectivity index (χ3n) is 11.9. The Morgan fingerprint density at radius 1 is 0.613 bits per heavy atom. The number of H-pyrrole nitrogens is 1. The number of hydrogen-bond donors (Lipinski definition) is 8. The molecule has 1 rings (SSSR count). The fraction of sp³-hybridized carbons (Fsp3) is 0.750. The smallest absolute Gasteiger partial charge is 0.407 e. The van der Waals surface area contributed by atoms with Gasteiger partial charge >= 0.3 is 30.3 Å². The molecule has 0 bridgehead atoms. The summed E-state index contributed by atoms with van der Waals surface area (Å²) in [6.07, 6.45) is 3.28. The van der Waals surface area contributed by atoms with Crippen LogP contribution in [0.2, 0.25) is 0 Å². The first kappa shape index (κ1) is 67.0. The number of hydrogen-bond acceptors (Lipinski definition) is 15. The Labute approximate surface area is 444 Å². The molecular weight excluding hydrogens is 975 g/mol. The van der Waals surface area contributed by atoms with E-state index in [1.165, 1.54) is 6.07 Å². The van der Waals surface area contributed by atoms with Gasteiger partial charge in [0.2, 0.25) is 17.8 Å². The number of aromatic nitrogens is 2. The van der Waals surface area contributed by atoms with E-state index in [-0.39, 0.29) is 103 Å². The normalized spacial score (nSPS) is 13.6. The summed E-state index contributed by atoms with van der Waals surface area (Å²) in [5.74, 6) is -0.607. The molecule has 75 heavy (non-hydrogen) atoms. The van der Waals surface area contributed by atoms with Crippen molar-refractivity contribution < 1.29 is 62.0 Å². The standard InChI is InChI=1S/C52H91N9O14/c1-14-44(65)70-23-24-72-48(68)54-20-17-50(8,9)26-36(3)30-57-43(64)34-74-40(7)32-75-49(69)55-21-18-51(10,11)27-35(2)29-56-42(63)33-73-39(6)15-22-71-47(67)53-19-16-52(12,13)28-37(4)31-58-46(66)61-45-59-38(5)25-41(62)60-45/h14,25,35-37,39-40H,1,15-24,26-34H2,2-13H3,(H,53,67)(H,54,68)(H,55,69)(H,56,63)(H,57,64)(H3,58,59,60,61,62,66). The van der Waals surface area contributed by atoms with E-state index in [1.807, 2.05) is 20.8 Å². The van der Waals surface area contributed by atoms with Crippen molar-refractivity contribution in [2.24, 2.45) is 34.0 Å². The molecule has 0 aromatic carbocycles. The van der Waals surface area contributed by atoms with E-state index < -0.39 is 36.4 Å². The number of urea groups is 1. The Bertz CT molecular complexity index is 2000. The molecule has 1 heterocycles. The van der Waals surface area contributed by atoms with Crippen LogP contribution in [0, 0.1) is 40.9 Å². The molecule has 8 N–H and O–H groups in total. The fourth-order valence-corrected chi connectivity index (χ4v) is 8.16. The van der Waals surface area contributed by atoms with Gasteiger partial charge in [-0.2, -0.15) is 0 Å². The van der Waals surface area contributed by atoms with Gasteiger partial charge in [-0.15, -0.1) is 0 Å². The first-order valence-electron chi connectivity index (χ1n) is 26.0. The predicted octanol–water partition coefficient (Wildman–Crippen LogP) is 5.87. The number of esters is 1. The Hall–Kier alpha value is -5.97. The molecule has 1 aromatic heterocycles. The first-order chi connectivity index (χ1) is 35.1. The van der Waals surface area contributed by atoms with Gasteiger partial charge in [-0.25, -0.2) is 29.0 Å². The second kappa shape index (κ2) is 35.3. The number of amides is 7. The molecule has 0 aliphatic rings. The zero-order valence-electron chi connectivity index (χ0n) is 46.8. The van der Waals surface area contributed by atoms with Gasteiger partial charge in [0.15, 0.2) is 0 Å². The molecule has 0 spiro atoms. The number of aromatic amines is 1. The molecule has 5 atom stereocenters. The Kier molecular flexibility index (Phi) is 31.6. The van der Waals surface area contributed by atoms with E-state index >= 15 is 0 Å². The van der Waals surface area contributed by atoms with Crippen LogP contribution in [-0.2, 0) is 42.8 Å². The van der Waals surface area contributed by atoms with Crippen LogP contribution in [0.15, 0.2) is 23.5 Å². The molecule has 0 saturated heterocycles. The largest absolute Gasteiger partial charge is 0.459 e. The Balaban J connectivity index is 2.17. The minimum Gasteiger partial charge on any atom is -0.459 e. The van der Waals surface area contributed by atoms with Crippen LogP contribution in [0.25, 0.3) is 0 Å². The number of alkyl carbamates (subject to hydrolysis) is 3. The molecule has 0 radical (unpaired) electrons. The number of carbonyl (C=O) groups is 7. The van der Waals surface area contributed by atoms with Crippen LogP contribution in [0.5, 0.6) is 0 Å². The number of nitrogens with one attached hydrogen (secondary N) is 8. The summed E-state index contributed by atoms with van der Waals surface area (Å²) in [5.41, 5.74) is -0.269. The highest BCUT2D eigenvalue weighted by molar-refractivity contribution is 5.87. The third kappa shape index (κ3) is 35.8. The van der Waals surface area contributed by atoms with Crippen molar-refractivity contribution in [1.29, 1.82) is 0 Å². The van der Waals surface area contributed by atoms with Gasteiger partial charge in [-0.3, -0.25) is 24.7 Å². The van der Waals surface area contributed by atoms with Crippen LogP contribution in [0.4, 0.5) is 25.1 Å². The average molecular weight is 1070 g/mol. The lowest BCUT2D eigenvalue weighted by Crippen LogP contribution is -2.36. The zero-order valence-corrected chi connectivity index (χ0v) is 46.8. The molecule has 23 nitrogen and oxygen atoms in total. The van der Waals surface area contributed by atoms with E-state index in [4.69, 9.17) is 28.4 Å². The molecule has 428 valence electrons. The van der Waals surface area contributed by atoms with Crippen molar-refractivity contribution in [2.75, 3.05) is 84.2 Å². The molecule has 5 unspecified atom stereocenters.